The maximum atomic E-state index is 12.6. The first-order chi connectivity index (χ1) is 12.7. The molecular formula is C19H22F3NO4. The Morgan fingerprint density at radius 3 is 2.74 bits per heavy atom. The fourth-order valence-electron chi connectivity index (χ4n) is 3.71. The molecule has 3 rings (SSSR count). The number of hydrogen-bond donors (Lipinski definition) is 1. The Morgan fingerprint density at radius 1 is 1.37 bits per heavy atom. The number of aryl methyl sites for hydroxylation is 1. The highest BCUT2D eigenvalue weighted by molar-refractivity contribution is 5.93. The molecule has 1 aromatic carbocycles. The van der Waals surface area contributed by atoms with E-state index in [0.717, 1.165) is 16.5 Å². The van der Waals surface area contributed by atoms with Gasteiger partial charge in [-0.2, -0.15) is 13.2 Å². The molecule has 2 aromatic rings. The average Bonchev–Trinajstić information content (AvgIpc) is 3.02. The summed E-state index contributed by atoms with van der Waals surface area (Å²) >= 11 is 0. The normalized spacial score (nSPS) is 19.8. The van der Waals surface area contributed by atoms with E-state index in [4.69, 9.17) is 14.2 Å². The highest BCUT2D eigenvalue weighted by Gasteiger charge is 2.41. The van der Waals surface area contributed by atoms with Gasteiger partial charge in [-0.3, -0.25) is 4.79 Å². The molecule has 27 heavy (non-hydrogen) atoms. The summed E-state index contributed by atoms with van der Waals surface area (Å²) in [7, 11) is 1.31. The van der Waals surface area contributed by atoms with Gasteiger partial charge in [0, 0.05) is 5.39 Å². The van der Waals surface area contributed by atoms with E-state index in [1.54, 1.807) is 6.07 Å². The van der Waals surface area contributed by atoms with Crippen molar-refractivity contribution in [3.8, 4) is 5.75 Å². The van der Waals surface area contributed by atoms with Crippen LogP contribution in [0.5, 0.6) is 5.75 Å². The van der Waals surface area contributed by atoms with Gasteiger partial charge in [0.25, 0.3) is 0 Å². The largest absolute Gasteiger partial charge is 0.482 e. The molecule has 1 unspecified atom stereocenters. The molecule has 1 aliphatic rings. The number of halogens is 3. The number of carbonyl (C=O) groups is 1. The fraction of sp³-hybridized carbons (Fsp3) is 0.526. The lowest BCUT2D eigenvalue weighted by molar-refractivity contribution is -0.153. The number of carbonyl (C=O) groups excluding carboxylic acids is 1. The van der Waals surface area contributed by atoms with Crippen molar-refractivity contribution in [1.82, 2.24) is 4.98 Å². The van der Waals surface area contributed by atoms with E-state index >= 15 is 0 Å². The van der Waals surface area contributed by atoms with Crippen LogP contribution in [0.2, 0.25) is 0 Å². The van der Waals surface area contributed by atoms with Crippen LogP contribution in [-0.2, 0) is 26.3 Å². The van der Waals surface area contributed by atoms with Crippen LogP contribution in [0.15, 0.2) is 12.1 Å². The van der Waals surface area contributed by atoms with Crippen LogP contribution in [-0.4, -0.2) is 37.5 Å². The van der Waals surface area contributed by atoms with E-state index in [2.05, 4.69) is 4.98 Å². The second-order valence-corrected chi connectivity index (χ2v) is 6.71. The van der Waals surface area contributed by atoms with Crippen LogP contribution in [0.3, 0.4) is 0 Å². The molecule has 148 valence electrons. The third-order valence-corrected chi connectivity index (χ3v) is 5.04. The number of aromatic amines is 1. The molecule has 0 saturated heterocycles. The van der Waals surface area contributed by atoms with E-state index in [-0.39, 0.29) is 12.2 Å². The summed E-state index contributed by atoms with van der Waals surface area (Å²) in [6.45, 7) is 2.84. The van der Waals surface area contributed by atoms with Gasteiger partial charge in [-0.15, -0.1) is 0 Å². The summed E-state index contributed by atoms with van der Waals surface area (Å²) in [4.78, 5) is 15.2. The van der Waals surface area contributed by atoms with Gasteiger partial charge in [-0.1, -0.05) is 13.0 Å². The standard InChI is InChI=1S/C19H22F3NO4/c1-4-18(9-14(24)25-3)17-12(7-8-27-18)15-11(2)5-6-13(16(15)23-17)26-10-19(20,21)22/h5-6,23H,4,7-10H2,1-3H3. The molecule has 1 aliphatic heterocycles. The highest BCUT2D eigenvalue weighted by atomic mass is 19.4. The molecule has 0 spiro atoms. The van der Waals surface area contributed by atoms with Crippen LogP contribution in [0.1, 0.15) is 36.6 Å². The molecule has 1 aromatic heterocycles. The zero-order valence-corrected chi connectivity index (χ0v) is 15.5. The van der Waals surface area contributed by atoms with Gasteiger partial charge in [0.05, 0.1) is 31.3 Å². The molecule has 8 heteroatoms. The second kappa shape index (κ2) is 7.07. The summed E-state index contributed by atoms with van der Waals surface area (Å²) in [6.07, 6.45) is -3.29. The van der Waals surface area contributed by atoms with Crippen molar-refractivity contribution < 1.29 is 32.2 Å². The minimum atomic E-state index is -4.43. The zero-order valence-electron chi connectivity index (χ0n) is 15.5. The molecule has 2 heterocycles. The Kier molecular flexibility index (Phi) is 5.12. The number of benzene rings is 1. The molecule has 0 amide bonds. The second-order valence-electron chi connectivity index (χ2n) is 6.71. The monoisotopic (exact) mass is 385 g/mol. The Morgan fingerprint density at radius 2 is 2.11 bits per heavy atom. The Hall–Kier alpha value is -2.22. The van der Waals surface area contributed by atoms with E-state index < -0.39 is 24.4 Å². The number of aromatic nitrogens is 1. The summed E-state index contributed by atoms with van der Waals surface area (Å²) in [6, 6.07) is 3.27. The van der Waals surface area contributed by atoms with Crippen molar-refractivity contribution in [3.05, 3.63) is 29.0 Å². The molecule has 0 aliphatic carbocycles. The number of esters is 1. The van der Waals surface area contributed by atoms with Crippen molar-refractivity contribution in [2.45, 2.75) is 44.9 Å². The topological polar surface area (TPSA) is 60.5 Å². The van der Waals surface area contributed by atoms with Gasteiger partial charge >= 0.3 is 12.1 Å². The molecule has 0 bridgehead atoms. The predicted molar refractivity (Wildman–Crippen MR) is 92.8 cm³/mol. The first kappa shape index (κ1) is 19.5. The van der Waals surface area contributed by atoms with E-state index in [0.29, 0.717) is 30.7 Å². The van der Waals surface area contributed by atoms with Gasteiger partial charge in [0.1, 0.15) is 11.4 Å². The quantitative estimate of drug-likeness (QED) is 0.786. The lowest BCUT2D eigenvalue weighted by Crippen LogP contribution is -2.37. The number of methoxy groups -OCH3 is 1. The SMILES string of the molecule is CCC1(CC(=O)OC)OCCc2c1[nH]c1c(OCC(F)(F)F)ccc(C)c21. The molecule has 0 fully saturated rings. The smallest absolute Gasteiger partial charge is 0.422 e. The Bertz CT molecular complexity index is 859. The number of alkyl halides is 3. The average molecular weight is 385 g/mol. The van der Waals surface area contributed by atoms with Gasteiger partial charge in [0.2, 0.25) is 0 Å². The summed E-state index contributed by atoms with van der Waals surface area (Å²) in [5, 5.41) is 0.829. The predicted octanol–water partition coefficient (Wildman–Crippen LogP) is 4.16. The van der Waals surface area contributed by atoms with Crippen molar-refractivity contribution >= 4 is 16.9 Å². The van der Waals surface area contributed by atoms with Crippen LogP contribution in [0.4, 0.5) is 13.2 Å². The number of H-pyrrole nitrogens is 1. The molecule has 0 saturated carbocycles. The maximum absolute atomic E-state index is 12.6. The van der Waals surface area contributed by atoms with Crippen molar-refractivity contribution in [2.24, 2.45) is 0 Å². The first-order valence-corrected chi connectivity index (χ1v) is 8.75. The number of nitrogens with one attached hydrogen (secondary N) is 1. The van der Waals surface area contributed by atoms with Gasteiger partial charge in [-0.05, 0) is 37.0 Å². The van der Waals surface area contributed by atoms with Gasteiger partial charge in [0.15, 0.2) is 6.61 Å². The molecule has 5 nitrogen and oxygen atoms in total. The fourth-order valence-corrected chi connectivity index (χ4v) is 3.71. The van der Waals surface area contributed by atoms with Crippen molar-refractivity contribution in [2.75, 3.05) is 20.3 Å². The minimum Gasteiger partial charge on any atom is -0.482 e. The molecule has 1 N–H and O–H groups in total. The molecule has 0 radical (unpaired) electrons. The summed E-state index contributed by atoms with van der Waals surface area (Å²) in [5.41, 5.74) is 2.19. The zero-order chi connectivity index (χ0) is 19.8. The maximum Gasteiger partial charge on any atom is 0.422 e. The number of fused-ring (bicyclic) bond motifs is 3. The number of hydrogen-bond acceptors (Lipinski definition) is 4. The Labute approximate surface area is 154 Å². The van der Waals surface area contributed by atoms with Crippen LogP contribution in [0, 0.1) is 6.92 Å². The van der Waals surface area contributed by atoms with E-state index in [1.165, 1.54) is 13.2 Å². The lowest BCUT2D eigenvalue weighted by atomic mass is 9.86. The third-order valence-electron chi connectivity index (χ3n) is 5.04. The minimum absolute atomic E-state index is 0.0254. The number of ether oxygens (including phenoxy) is 3. The molecular weight excluding hydrogens is 363 g/mol. The van der Waals surface area contributed by atoms with Crippen molar-refractivity contribution in [1.29, 1.82) is 0 Å². The van der Waals surface area contributed by atoms with Crippen LogP contribution >= 0.6 is 0 Å². The summed E-state index contributed by atoms with van der Waals surface area (Å²) < 4.78 is 53.6. The highest BCUT2D eigenvalue weighted by Crippen LogP contribution is 2.44. The summed E-state index contributed by atoms with van der Waals surface area (Å²) in [5.74, 6) is -0.279. The first-order valence-electron chi connectivity index (χ1n) is 8.75. The Balaban J connectivity index is 2.13. The van der Waals surface area contributed by atoms with Crippen LogP contribution < -0.4 is 4.74 Å². The van der Waals surface area contributed by atoms with Crippen LogP contribution in [0.25, 0.3) is 10.9 Å². The van der Waals surface area contributed by atoms with Gasteiger partial charge in [-0.25, -0.2) is 0 Å². The lowest BCUT2D eigenvalue weighted by Gasteiger charge is -2.36. The molecule has 1 atom stereocenters. The van der Waals surface area contributed by atoms with Crippen molar-refractivity contribution in [3.63, 3.8) is 0 Å². The number of rotatable bonds is 5. The van der Waals surface area contributed by atoms with E-state index in [1.807, 2.05) is 13.8 Å². The van der Waals surface area contributed by atoms with E-state index in [9.17, 15) is 18.0 Å². The van der Waals surface area contributed by atoms with Gasteiger partial charge < -0.3 is 19.2 Å². The third kappa shape index (κ3) is 3.63.